The third-order valence-corrected chi connectivity index (χ3v) is 3.27. The summed E-state index contributed by atoms with van der Waals surface area (Å²) in [5.41, 5.74) is 0.868. The lowest BCUT2D eigenvalue weighted by Gasteiger charge is -1.99. The minimum Gasteiger partial charge on any atom is -0.401 e. The van der Waals surface area contributed by atoms with Crippen molar-refractivity contribution in [2.24, 2.45) is 5.10 Å². The average molecular weight is 341 g/mol. The first kappa shape index (κ1) is 15.6. The Bertz CT molecular complexity index is 968. The number of aromatic amines is 1. The summed E-state index contributed by atoms with van der Waals surface area (Å²) in [4.78, 5) is 9.95. The number of benzene rings is 1. The Morgan fingerprint density at radius 3 is 2.79 bits per heavy atom. The minimum absolute atomic E-state index is 0.310. The summed E-state index contributed by atoms with van der Waals surface area (Å²) in [7, 11) is 0. The van der Waals surface area contributed by atoms with Crippen LogP contribution in [-0.4, -0.2) is 26.0 Å². The zero-order valence-electron chi connectivity index (χ0n) is 12.2. The van der Waals surface area contributed by atoms with Gasteiger partial charge in [0.2, 0.25) is 4.77 Å². The number of hydrogen-bond donors (Lipinski definition) is 1. The van der Waals surface area contributed by atoms with Gasteiger partial charge in [0.1, 0.15) is 10.7 Å². The topological polar surface area (TPSA) is 102 Å². The maximum Gasteiger partial charge on any atom is 0.433 e. The molecular formula is C15H11N5O3S. The van der Waals surface area contributed by atoms with Gasteiger partial charge in [0.25, 0.3) is 0 Å². The lowest BCUT2D eigenvalue weighted by atomic mass is 10.2. The highest BCUT2D eigenvalue weighted by Gasteiger charge is 2.09. The highest BCUT2D eigenvalue weighted by molar-refractivity contribution is 7.71. The molecule has 1 aromatic carbocycles. The second-order valence-electron chi connectivity index (χ2n) is 4.59. The second kappa shape index (κ2) is 6.84. The molecule has 0 amide bonds. The number of nitro groups is 1. The van der Waals surface area contributed by atoms with Crippen molar-refractivity contribution in [3.05, 3.63) is 69.2 Å². The third-order valence-electron chi connectivity index (χ3n) is 3.00. The van der Waals surface area contributed by atoms with E-state index in [1.165, 1.54) is 23.0 Å². The molecule has 24 heavy (non-hydrogen) atoms. The Kier molecular flexibility index (Phi) is 4.43. The monoisotopic (exact) mass is 341 g/mol. The van der Waals surface area contributed by atoms with Crippen LogP contribution in [0.1, 0.15) is 5.76 Å². The lowest BCUT2D eigenvalue weighted by Crippen LogP contribution is -1.93. The van der Waals surface area contributed by atoms with E-state index in [9.17, 15) is 10.1 Å². The summed E-state index contributed by atoms with van der Waals surface area (Å²) < 4.78 is 6.85. The molecule has 9 heteroatoms. The largest absolute Gasteiger partial charge is 0.433 e. The second-order valence-corrected chi connectivity index (χ2v) is 4.97. The van der Waals surface area contributed by atoms with Gasteiger partial charge in [0.15, 0.2) is 5.82 Å². The number of nitrogens with zero attached hydrogens (tertiary/aromatic N) is 4. The van der Waals surface area contributed by atoms with E-state index in [-0.39, 0.29) is 5.88 Å². The van der Waals surface area contributed by atoms with E-state index in [4.69, 9.17) is 16.6 Å². The van der Waals surface area contributed by atoms with E-state index < -0.39 is 4.92 Å². The fraction of sp³-hybridized carbons (Fsp3) is 0. The van der Waals surface area contributed by atoms with Gasteiger partial charge >= 0.3 is 5.88 Å². The number of rotatable bonds is 5. The zero-order chi connectivity index (χ0) is 16.9. The van der Waals surface area contributed by atoms with Crippen molar-refractivity contribution in [1.82, 2.24) is 14.9 Å². The summed E-state index contributed by atoms with van der Waals surface area (Å²) in [5, 5.41) is 21.6. The smallest absolute Gasteiger partial charge is 0.401 e. The first-order chi connectivity index (χ1) is 11.6. The molecule has 0 saturated heterocycles. The number of allylic oxidation sites excluding steroid dienone is 1. The first-order valence-electron chi connectivity index (χ1n) is 6.83. The van der Waals surface area contributed by atoms with Crippen molar-refractivity contribution < 1.29 is 9.34 Å². The molecule has 8 nitrogen and oxygen atoms in total. The predicted molar refractivity (Wildman–Crippen MR) is 91.1 cm³/mol. The summed E-state index contributed by atoms with van der Waals surface area (Å²) in [5.74, 6) is 0.626. The zero-order valence-corrected chi connectivity index (χ0v) is 13.0. The normalized spacial score (nSPS) is 11.5. The van der Waals surface area contributed by atoms with Crippen LogP contribution in [0, 0.1) is 14.9 Å². The fourth-order valence-electron chi connectivity index (χ4n) is 1.95. The average Bonchev–Trinajstić information content (AvgIpc) is 3.20. The molecule has 0 atom stereocenters. The molecule has 0 fully saturated rings. The van der Waals surface area contributed by atoms with Crippen molar-refractivity contribution in [2.75, 3.05) is 0 Å². The molecule has 120 valence electrons. The van der Waals surface area contributed by atoms with Crippen molar-refractivity contribution in [3.63, 3.8) is 0 Å². The van der Waals surface area contributed by atoms with Gasteiger partial charge in [-0.25, -0.2) is 5.10 Å². The molecule has 0 saturated carbocycles. The number of aromatic nitrogens is 3. The van der Waals surface area contributed by atoms with Crippen LogP contribution in [0.2, 0.25) is 0 Å². The van der Waals surface area contributed by atoms with Crippen LogP contribution < -0.4 is 0 Å². The summed E-state index contributed by atoms with van der Waals surface area (Å²) in [6.07, 6.45) is 4.64. The Morgan fingerprint density at radius 2 is 2.08 bits per heavy atom. The van der Waals surface area contributed by atoms with E-state index in [0.29, 0.717) is 16.4 Å². The van der Waals surface area contributed by atoms with Crippen LogP contribution in [0.4, 0.5) is 5.88 Å². The molecule has 0 bridgehead atoms. The Morgan fingerprint density at radius 1 is 1.29 bits per heavy atom. The van der Waals surface area contributed by atoms with Crippen molar-refractivity contribution in [1.29, 1.82) is 0 Å². The van der Waals surface area contributed by atoms with E-state index in [1.54, 1.807) is 12.2 Å². The maximum absolute atomic E-state index is 10.5. The number of H-pyrrole nitrogens is 1. The van der Waals surface area contributed by atoms with Crippen LogP contribution in [0.25, 0.3) is 17.5 Å². The molecule has 1 N–H and O–H groups in total. The highest BCUT2D eigenvalue weighted by Crippen LogP contribution is 2.17. The van der Waals surface area contributed by atoms with Crippen molar-refractivity contribution in [2.45, 2.75) is 0 Å². The molecule has 0 unspecified atom stereocenters. The molecule has 2 heterocycles. The Hall–Kier alpha value is -3.33. The van der Waals surface area contributed by atoms with Crippen molar-refractivity contribution in [3.8, 4) is 11.4 Å². The summed E-state index contributed by atoms with van der Waals surface area (Å²) >= 11 is 5.16. The maximum atomic E-state index is 10.5. The molecule has 3 rings (SSSR count). The Labute approximate surface area is 140 Å². The van der Waals surface area contributed by atoms with E-state index >= 15 is 0 Å². The van der Waals surface area contributed by atoms with Gasteiger partial charge < -0.3 is 4.42 Å². The minimum atomic E-state index is -0.595. The SMILES string of the molecule is O=[N+]([O-])c1ccc(C=CC=Nn2c(-c3ccccc3)n[nH]c2=S)o1. The quantitative estimate of drug-likeness (QED) is 0.330. The van der Waals surface area contributed by atoms with Gasteiger partial charge in [0, 0.05) is 11.8 Å². The standard InChI is InChI=1S/C15H11N5O3S/c21-20(22)13-9-8-12(23-13)7-4-10-16-19-14(17-18-15(19)24)11-5-2-1-3-6-11/h1-10H,(H,18,24). The highest BCUT2D eigenvalue weighted by atomic mass is 32.1. The van der Waals surface area contributed by atoms with Crippen LogP contribution >= 0.6 is 12.2 Å². The van der Waals surface area contributed by atoms with Crippen LogP contribution in [0.3, 0.4) is 0 Å². The molecule has 0 aliphatic heterocycles. The molecule has 0 aliphatic carbocycles. The number of furan rings is 1. The van der Waals surface area contributed by atoms with Gasteiger partial charge in [-0.15, -0.1) is 0 Å². The first-order valence-corrected chi connectivity index (χ1v) is 7.24. The van der Waals surface area contributed by atoms with E-state index in [1.807, 2.05) is 30.3 Å². The number of hydrogen-bond acceptors (Lipinski definition) is 6. The molecule has 0 aliphatic rings. The van der Waals surface area contributed by atoms with Crippen LogP contribution in [-0.2, 0) is 0 Å². The van der Waals surface area contributed by atoms with Crippen molar-refractivity contribution >= 4 is 30.4 Å². The van der Waals surface area contributed by atoms with Crippen LogP contribution in [0.5, 0.6) is 0 Å². The van der Waals surface area contributed by atoms with Gasteiger partial charge in [-0.2, -0.15) is 14.9 Å². The lowest BCUT2D eigenvalue weighted by molar-refractivity contribution is -0.402. The van der Waals surface area contributed by atoms with E-state index in [2.05, 4.69) is 15.3 Å². The van der Waals surface area contributed by atoms with Gasteiger partial charge in [0.05, 0.1) is 6.07 Å². The van der Waals surface area contributed by atoms with Crippen LogP contribution in [0.15, 0.2) is 58.1 Å². The van der Waals surface area contributed by atoms with E-state index in [0.717, 1.165) is 5.56 Å². The van der Waals surface area contributed by atoms with Gasteiger partial charge in [-0.3, -0.25) is 10.1 Å². The molecule has 2 aromatic heterocycles. The summed E-state index contributed by atoms with van der Waals surface area (Å²) in [6.45, 7) is 0. The third kappa shape index (κ3) is 3.36. The molecule has 3 aromatic rings. The Balaban J connectivity index is 1.80. The van der Waals surface area contributed by atoms with Gasteiger partial charge in [-0.05, 0) is 30.4 Å². The molecule has 0 spiro atoms. The molecule has 0 radical (unpaired) electrons. The van der Waals surface area contributed by atoms with Gasteiger partial charge in [-0.1, -0.05) is 30.3 Å². The predicted octanol–water partition coefficient (Wildman–Crippen LogP) is 3.66. The number of nitrogens with one attached hydrogen (secondary N) is 1. The summed E-state index contributed by atoms with van der Waals surface area (Å²) in [6, 6.07) is 12.3. The molecular weight excluding hydrogens is 330 g/mol. The fourth-order valence-corrected chi connectivity index (χ4v) is 2.13.